The van der Waals surface area contributed by atoms with Gasteiger partial charge < -0.3 is 25.3 Å². The van der Waals surface area contributed by atoms with E-state index in [9.17, 15) is 19.5 Å². The first-order valence-electron chi connectivity index (χ1n) is 11.7. The number of fused-ring (bicyclic) bond motifs is 1. The Kier molecular flexibility index (Phi) is 6.55. The predicted molar refractivity (Wildman–Crippen MR) is 133 cm³/mol. The largest absolute Gasteiger partial charge is 0.462 e. The molecule has 0 saturated carbocycles. The maximum absolute atomic E-state index is 12.8. The van der Waals surface area contributed by atoms with E-state index in [1.165, 1.54) is 10.9 Å². The molecule has 2 aromatic heterocycles. The molecule has 0 radical (unpaired) electrons. The van der Waals surface area contributed by atoms with E-state index in [2.05, 4.69) is 15.0 Å². The van der Waals surface area contributed by atoms with E-state index in [0.29, 0.717) is 16.7 Å². The maximum Gasteiger partial charge on any atom is 0.329 e. The number of aromatic nitrogens is 4. The van der Waals surface area contributed by atoms with Gasteiger partial charge in [-0.15, -0.1) is 0 Å². The molecule has 1 aliphatic heterocycles. The molecule has 0 amide bonds. The lowest BCUT2D eigenvalue weighted by atomic mass is 9.96. The van der Waals surface area contributed by atoms with Gasteiger partial charge in [0.2, 0.25) is 0 Å². The topological polar surface area (TPSA) is 162 Å². The van der Waals surface area contributed by atoms with Crippen LogP contribution in [-0.4, -0.2) is 55.2 Å². The summed E-state index contributed by atoms with van der Waals surface area (Å²) >= 11 is 0. The highest BCUT2D eigenvalue weighted by Crippen LogP contribution is 2.30. The van der Waals surface area contributed by atoms with E-state index in [0.717, 1.165) is 0 Å². The molecule has 1 aliphatic rings. The molecule has 11 nitrogen and oxygen atoms in total. The number of aliphatic hydroxyl groups is 1. The van der Waals surface area contributed by atoms with Crippen molar-refractivity contribution >= 4 is 28.7 Å². The van der Waals surface area contributed by atoms with Crippen LogP contribution in [-0.2, 0) is 14.3 Å². The molecule has 4 atom stereocenters. The minimum atomic E-state index is -0.976. The number of rotatable bonds is 7. The van der Waals surface area contributed by atoms with Crippen molar-refractivity contribution in [3.8, 4) is 0 Å². The Hall–Kier alpha value is -4.35. The number of imidazole rings is 1. The number of aromatic amines is 1. The molecule has 11 heteroatoms. The van der Waals surface area contributed by atoms with Gasteiger partial charge in [-0.2, -0.15) is 0 Å². The zero-order valence-corrected chi connectivity index (χ0v) is 19.9. The van der Waals surface area contributed by atoms with E-state index in [-0.39, 0.29) is 35.8 Å². The van der Waals surface area contributed by atoms with Crippen molar-refractivity contribution in [1.29, 1.82) is 0 Å². The Morgan fingerprint density at radius 2 is 1.95 bits per heavy atom. The van der Waals surface area contributed by atoms with Gasteiger partial charge in [-0.05, 0) is 18.6 Å². The smallest absolute Gasteiger partial charge is 0.329 e. The monoisotopic (exact) mass is 503 g/mol. The molecule has 4 N–H and O–H groups in total. The Bertz CT molecular complexity index is 1510. The van der Waals surface area contributed by atoms with E-state index in [1.807, 2.05) is 6.07 Å². The standard InChI is InChI=1S/C26H25N5O6/c1-14(16-8-5-9-17(10-16)22(33)15-6-3-2-4-7-15)25(34)36-12-19-18(32)11-20(37-19)31-24-21(30-26(31)35)23(27)28-13-29-24/h2-10,13-14,18-20,32H,11-12H2,1H3,(H,30,35)(H2,27,28,29)/t14-,18-,19+,20+/m0/s1. The van der Waals surface area contributed by atoms with Crippen molar-refractivity contribution in [2.45, 2.75) is 37.7 Å². The number of hydrogen-bond donors (Lipinski definition) is 3. The van der Waals surface area contributed by atoms with Crippen LogP contribution < -0.4 is 11.4 Å². The number of nitrogens with zero attached hydrogens (tertiary/aromatic N) is 3. The average Bonchev–Trinajstić information content (AvgIpc) is 3.45. The molecule has 190 valence electrons. The highest BCUT2D eigenvalue weighted by atomic mass is 16.6. The van der Waals surface area contributed by atoms with Crippen LogP contribution in [0.5, 0.6) is 0 Å². The summed E-state index contributed by atoms with van der Waals surface area (Å²) < 4.78 is 12.6. The van der Waals surface area contributed by atoms with Crippen LogP contribution in [0.25, 0.3) is 11.2 Å². The SMILES string of the molecule is C[C@H](C(=O)OC[C@H]1O[C@@H](n2c(=O)[nH]c3c(N)ncnc32)C[C@@H]1O)c1cccc(C(=O)c2ccccc2)c1. The minimum Gasteiger partial charge on any atom is -0.462 e. The number of nitrogens with one attached hydrogen (secondary N) is 1. The first-order valence-corrected chi connectivity index (χ1v) is 11.7. The lowest BCUT2D eigenvalue weighted by molar-refractivity contribution is -0.151. The van der Waals surface area contributed by atoms with Crippen molar-refractivity contribution in [3.05, 3.63) is 88.1 Å². The van der Waals surface area contributed by atoms with E-state index < -0.39 is 36.0 Å². The quantitative estimate of drug-likeness (QED) is 0.253. The normalized spacial score (nSPS) is 20.1. The van der Waals surface area contributed by atoms with Crippen LogP contribution in [0.15, 0.2) is 65.7 Å². The zero-order chi connectivity index (χ0) is 26.1. The number of carbonyl (C=O) groups excluding carboxylic acids is 2. The molecule has 0 aliphatic carbocycles. The zero-order valence-electron chi connectivity index (χ0n) is 19.9. The maximum atomic E-state index is 12.8. The van der Waals surface area contributed by atoms with Crippen LogP contribution in [0.3, 0.4) is 0 Å². The molecular weight excluding hydrogens is 478 g/mol. The Morgan fingerprint density at radius 3 is 2.73 bits per heavy atom. The van der Waals surface area contributed by atoms with Gasteiger partial charge in [0.1, 0.15) is 30.8 Å². The molecule has 0 spiro atoms. The molecule has 1 fully saturated rings. The summed E-state index contributed by atoms with van der Waals surface area (Å²) in [5.74, 6) is -1.22. The summed E-state index contributed by atoms with van der Waals surface area (Å²) in [5.41, 5.74) is 7.48. The van der Waals surface area contributed by atoms with Crippen LogP contribution in [0.2, 0.25) is 0 Å². The van der Waals surface area contributed by atoms with Gasteiger partial charge in [0.25, 0.3) is 0 Å². The molecule has 1 saturated heterocycles. The predicted octanol–water partition coefficient (Wildman–Crippen LogP) is 1.93. The number of nitrogens with two attached hydrogens (primary N) is 1. The Labute approximate surface area is 210 Å². The summed E-state index contributed by atoms with van der Waals surface area (Å²) in [6.45, 7) is 1.47. The lowest BCUT2D eigenvalue weighted by Gasteiger charge is -2.18. The second-order valence-corrected chi connectivity index (χ2v) is 8.86. The number of H-pyrrole nitrogens is 1. The average molecular weight is 504 g/mol. The number of ketones is 1. The Balaban J connectivity index is 1.24. The number of benzene rings is 2. The Morgan fingerprint density at radius 1 is 1.19 bits per heavy atom. The molecule has 0 unspecified atom stereocenters. The summed E-state index contributed by atoms with van der Waals surface area (Å²) in [6.07, 6.45) is -1.32. The van der Waals surface area contributed by atoms with Crippen molar-refractivity contribution in [2.24, 2.45) is 0 Å². The van der Waals surface area contributed by atoms with Gasteiger partial charge in [0.15, 0.2) is 17.2 Å². The molecular formula is C26H25N5O6. The van der Waals surface area contributed by atoms with E-state index in [1.54, 1.807) is 55.5 Å². The number of nitrogen functional groups attached to an aromatic ring is 1. The fourth-order valence-corrected chi connectivity index (χ4v) is 4.38. The van der Waals surface area contributed by atoms with Crippen LogP contribution in [0.4, 0.5) is 5.82 Å². The minimum absolute atomic E-state index is 0.0954. The van der Waals surface area contributed by atoms with E-state index in [4.69, 9.17) is 15.2 Å². The highest BCUT2D eigenvalue weighted by Gasteiger charge is 2.38. The molecule has 4 aromatic rings. The first-order chi connectivity index (χ1) is 17.8. The first kappa shape index (κ1) is 24.3. The molecule has 3 heterocycles. The van der Waals surface area contributed by atoms with Gasteiger partial charge in [0, 0.05) is 17.5 Å². The van der Waals surface area contributed by atoms with Crippen molar-refractivity contribution in [2.75, 3.05) is 12.3 Å². The van der Waals surface area contributed by atoms with Crippen LogP contribution in [0, 0.1) is 0 Å². The molecule has 5 rings (SSSR count). The van der Waals surface area contributed by atoms with Gasteiger partial charge in [-0.25, -0.2) is 19.3 Å². The van der Waals surface area contributed by atoms with Crippen LogP contribution >= 0.6 is 0 Å². The third-order valence-electron chi connectivity index (χ3n) is 6.46. The molecule has 37 heavy (non-hydrogen) atoms. The fourth-order valence-electron chi connectivity index (χ4n) is 4.38. The van der Waals surface area contributed by atoms with Crippen molar-refractivity contribution < 1.29 is 24.2 Å². The van der Waals surface area contributed by atoms with E-state index >= 15 is 0 Å². The third kappa shape index (κ3) is 4.74. The fraction of sp³-hybridized carbons (Fsp3) is 0.269. The number of ether oxygens (including phenoxy) is 2. The number of aliphatic hydroxyl groups excluding tert-OH is 1. The lowest BCUT2D eigenvalue weighted by Crippen LogP contribution is -2.29. The van der Waals surface area contributed by atoms with Gasteiger partial charge in [-0.3, -0.25) is 9.59 Å². The second kappa shape index (κ2) is 9.96. The second-order valence-electron chi connectivity index (χ2n) is 8.86. The summed E-state index contributed by atoms with van der Waals surface area (Å²) in [6, 6.07) is 15.7. The van der Waals surface area contributed by atoms with Crippen LogP contribution in [0.1, 0.15) is 47.0 Å². The molecule has 0 bridgehead atoms. The summed E-state index contributed by atoms with van der Waals surface area (Å²) in [5, 5.41) is 10.5. The number of hydrogen-bond acceptors (Lipinski definition) is 9. The molecule has 2 aromatic carbocycles. The number of carbonyl (C=O) groups is 2. The summed E-state index contributed by atoms with van der Waals surface area (Å²) in [4.78, 5) is 48.6. The van der Waals surface area contributed by atoms with Gasteiger partial charge in [-0.1, -0.05) is 48.5 Å². The summed E-state index contributed by atoms with van der Waals surface area (Å²) in [7, 11) is 0. The van der Waals surface area contributed by atoms with Crippen molar-refractivity contribution in [3.63, 3.8) is 0 Å². The van der Waals surface area contributed by atoms with Crippen molar-refractivity contribution in [1.82, 2.24) is 19.5 Å². The highest BCUT2D eigenvalue weighted by molar-refractivity contribution is 6.09. The number of anilines is 1. The number of esters is 1. The van der Waals surface area contributed by atoms with Gasteiger partial charge in [0.05, 0.1) is 12.0 Å². The third-order valence-corrected chi connectivity index (χ3v) is 6.46. The van der Waals surface area contributed by atoms with Gasteiger partial charge >= 0.3 is 11.7 Å².